The molecule has 6 nitrogen and oxygen atoms in total. The van der Waals surface area contributed by atoms with Crippen LogP contribution in [-0.4, -0.2) is 25.0 Å². The second-order valence-corrected chi connectivity index (χ2v) is 7.89. The van der Waals surface area contributed by atoms with Gasteiger partial charge < -0.3 is 9.63 Å². The van der Waals surface area contributed by atoms with E-state index in [-0.39, 0.29) is 22.7 Å². The topological polar surface area (TPSA) is 77.0 Å². The Labute approximate surface area is 159 Å². The maximum absolute atomic E-state index is 13.0. The summed E-state index contributed by atoms with van der Waals surface area (Å²) in [4.78, 5) is 4.26. The lowest BCUT2D eigenvalue weighted by molar-refractivity contribution is -0.138. The second kappa shape index (κ2) is 6.08. The van der Waals surface area contributed by atoms with Crippen LogP contribution in [0.15, 0.2) is 22.7 Å². The molecule has 0 spiro atoms. The minimum absolute atomic E-state index is 0.0592. The van der Waals surface area contributed by atoms with Gasteiger partial charge in [-0.3, -0.25) is 4.68 Å². The summed E-state index contributed by atoms with van der Waals surface area (Å²) in [5.41, 5.74) is 1.87. The Morgan fingerprint density at radius 2 is 2.00 bits per heavy atom. The highest BCUT2D eigenvalue weighted by molar-refractivity contribution is 5.62. The van der Waals surface area contributed by atoms with Crippen LogP contribution in [-0.2, 0) is 26.1 Å². The summed E-state index contributed by atoms with van der Waals surface area (Å²) in [7, 11) is 1.86. The monoisotopic (exact) mass is 392 g/mol. The van der Waals surface area contributed by atoms with Crippen molar-refractivity contribution >= 4 is 0 Å². The van der Waals surface area contributed by atoms with Crippen LogP contribution < -0.4 is 0 Å². The molecule has 2 aromatic heterocycles. The van der Waals surface area contributed by atoms with E-state index in [2.05, 4.69) is 29.1 Å². The molecule has 4 rings (SSSR count). The fourth-order valence-electron chi connectivity index (χ4n) is 3.60. The van der Waals surface area contributed by atoms with E-state index in [9.17, 15) is 18.3 Å². The van der Waals surface area contributed by atoms with Gasteiger partial charge in [-0.05, 0) is 42.9 Å². The lowest BCUT2D eigenvalue weighted by atomic mass is 9.76. The third-order valence-electron chi connectivity index (χ3n) is 5.16. The standard InChI is InChI=1S/C19H19F3N4O2/c1-18(2)7-6-11-13(9-18)26(3)24-15(11)16-23-17(28-25-16)10-4-5-14(27)12(8-10)19(20,21)22/h4-5,8,27H,6-7,9H2,1-3H3. The number of alkyl halides is 3. The summed E-state index contributed by atoms with van der Waals surface area (Å²) in [6.07, 6.45) is -1.98. The van der Waals surface area contributed by atoms with Crippen LogP contribution in [0.4, 0.5) is 13.2 Å². The van der Waals surface area contributed by atoms with Crippen LogP contribution >= 0.6 is 0 Å². The molecule has 9 heteroatoms. The number of phenols is 1. The van der Waals surface area contributed by atoms with Crippen molar-refractivity contribution in [2.24, 2.45) is 12.5 Å². The average molecular weight is 392 g/mol. The predicted octanol–water partition coefficient (Wildman–Crippen LogP) is 4.38. The molecule has 0 aliphatic heterocycles. The van der Waals surface area contributed by atoms with E-state index >= 15 is 0 Å². The lowest BCUT2D eigenvalue weighted by Crippen LogP contribution is -2.23. The van der Waals surface area contributed by atoms with Crippen molar-refractivity contribution in [1.82, 2.24) is 19.9 Å². The number of nitrogens with zero attached hydrogens (tertiary/aromatic N) is 4. The summed E-state index contributed by atoms with van der Waals surface area (Å²) in [6.45, 7) is 4.41. The Kier molecular flexibility index (Phi) is 4.02. The third kappa shape index (κ3) is 3.14. The highest BCUT2D eigenvalue weighted by Crippen LogP contribution is 2.40. The fraction of sp³-hybridized carbons (Fsp3) is 0.421. The minimum Gasteiger partial charge on any atom is -0.507 e. The fourth-order valence-corrected chi connectivity index (χ4v) is 3.60. The SMILES string of the molecule is Cn1nc(-c2noc(-c3ccc(O)c(C(F)(F)F)c3)n2)c2c1CC(C)(C)CC2. The molecule has 1 N–H and O–H groups in total. The molecule has 0 fully saturated rings. The van der Waals surface area contributed by atoms with Gasteiger partial charge in [-0.25, -0.2) is 0 Å². The third-order valence-corrected chi connectivity index (χ3v) is 5.16. The molecule has 0 radical (unpaired) electrons. The second-order valence-electron chi connectivity index (χ2n) is 7.89. The van der Waals surface area contributed by atoms with Crippen molar-refractivity contribution in [3.63, 3.8) is 0 Å². The van der Waals surface area contributed by atoms with Gasteiger partial charge in [-0.1, -0.05) is 19.0 Å². The van der Waals surface area contributed by atoms with E-state index in [4.69, 9.17) is 4.52 Å². The molecule has 0 unspecified atom stereocenters. The van der Waals surface area contributed by atoms with Gasteiger partial charge in [0.2, 0.25) is 5.82 Å². The number of halogens is 3. The van der Waals surface area contributed by atoms with Gasteiger partial charge in [0.25, 0.3) is 5.89 Å². The van der Waals surface area contributed by atoms with Crippen molar-refractivity contribution in [2.45, 2.75) is 39.3 Å². The smallest absolute Gasteiger partial charge is 0.419 e. The Morgan fingerprint density at radius 1 is 1.25 bits per heavy atom. The van der Waals surface area contributed by atoms with Crippen molar-refractivity contribution in [2.75, 3.05) is 0 Å². The molecule has 1 aliphatic carbocycles. The van der Waals surface area contributed by atoms with Crippen LogP contribution in [0.3, 0.4) is 0 Å². The first-order chi connectivity index (χ1) is 13.0. The van der Waals surface area contributed by atoms with Crippen molar-refractivity contribution < 1.29 is 22.8 Å². The Bertz CT molecular complexity index is 1050. The van der Waals surface area contributed by atoms with Gasteiger partial charge in [0.15, 0.2) is 0 Å². The average Bonchev–Trinajstić information content (AvgIpc) is 3.19. The molecule has 3 aromatic rings. The summed E-state index contributed by atoms with van der Waals surface area (Å²) in [5.74, 6) is -0.665. The predicted molar refractivity (Wildman–Crippen MR) is 94.4 cm³/mol. The quantitative estimate of drug-likeness (QED) is 0.701. The van der Waals surface area contributed by atoms with Gasteiger partial charge in [0.05, 0.1) is 5.56 Å². The van der Waals surface area contributed by atoms with Gasteiger partial charge in [-0.2, -0.15) is 23.3 Å². The highest BCUT2D eigenvalue weighted by atomic mass is 19.4. The molecular formula is C19H19F3N4O2. The van der Waals surface area contributed by atoms with Crippen LogP contribution in [0.25, 0.3) is 23.0 Å². The molecule has 1 aliphatic rings. The lowest BCUT2D eigenvalue weighted by Gasteiger charge is -2.29. The number of aromatic hydroxyl groups is 1. The van der Waals surface area contributed by atoms with E-state index in [0.29, 0.717) is 5.69 Å². The summed E-state index contributed by atoms with van der Waals surface area (Å²) < 4.78 is 46.1. The van der Waals surface area contributed by atoms with Crippen LogP contribution in [0.1, 0.15) is 37.1 Å². The molecule has 1 aromatic carbocycles. The number of aromatic nitrogens is 4. The Hall–Kier alpha value is -2.84. The molecule has 0 bridgehead atoms. The zero-order valence-electron chi connectivity index (χ0n) is 15.6. The largest absolute Gasteiger partial charge is 0.507 e. The van der Waals surface area contributed by atoms with E-state index < -0.39 is 17.5 Å². The van der Waals surface area contributed by atoms with Gasteiger partial charge >= 0.3 is 6.18 Å². The van der Waals surface area contributed by atoms with E-state index in [0.717, 1.165) is 42.7 Å². The number of fused-ring (bicyclic) bond motifs is 1. The Balaban J connectivity index is 1.72. The van der Waals surface area contributed by atoms with Gasteiger partial charge in [0.1, 0.15) is 11.4 Å². The summed E-state index contributed by atoms with van der Waals surface area (Å²) in [5, 5.41) is 17.9. The summed E-state index contributed by atoms with van der Waals surface area (Å²) >= 11 is 0. The van der Waals surface area contributed by atoms with E-state index in [1.165, 1.54) is 6.07 Å². The first kappa shape index (κ1) is 18.5. The maximum atomic E-state index is 13.0. The molecule has 0 amide bonds. The van der Waals surface area contributed by atoms with Gasteiger partial charge in [-0.15, -0.1) is 0 Å². The number of hydrogen-bond donors (Lipinski definition) is 1. The number of phenolic OH excluding ortho intramolecular Hbond substituents is 1. The summed E-state index contributed by atoms with van der Waals surface area (Å²) in [6, 6.07) is 3.06. The van der Waals surface area contributed by atoms with Crippen molar-refractivity contribution in [3.8, 4) is 28.7 Å². The molecule has 28 heavy (non-hydrogen) atoms. The van der Waals surface area contributed by atoms with Crippen LogP contribution in [0.5, 0.6) is 5.75 Å². The zero-order valence-corrected chi connectivity index (χ0v) is 15.6. The zero-order chi connectivity index (χ0) is 20.3. The van der Waals surface area contributed by atoms with Crippen LogP contribution in [0.2, 0.25) is 0 Å². The number of rotatable bonds is 2. The van der Waals surface area contributed by atoms with E-state index in [1.807, 2.05) is 11.7 Å². The molecule has 2 heterocycles. The molecule has 0 saturated heterocycles. The number of benzene rings is 1. The number of hydrogen-bond acceptors (Lipinski definition) is 5. The molecular weight excluding hydrogens is 373 g/mol. The Morgan fingerprint density at radius 3 is 2.71 bits per heavy atom. The first-order valence-electron chi connectivity index (χ1n) is 8.84. The molecule has 148 valence electrons. The van der Waals surface area contributed by atoms with Crippen molar-refractivity contribution in [3.05, 3.63) is 35.0 Å². The minimum atomic E-state index is -4.68. The number of aryl methyl sites for hydroxylation is 1. The molecule has 0 atom stereocenters. The van der Waals surface area contributed by atoms with E-state index in [1.54, 1.807) is 0 Å². The first-order valence-corrected chi connectivity index (χ1v) is 8.84. The van der Waals surface area contributed by atoms with Gasteiger partial charge in [0, 0.05) is 23.9 Å². The highest BCUT2D eigenvalue weighted by Gasteiger charge is 2.35. The molecule has 0 saturated carbocycles. The maximum Gasteiger partial charge on any atom is 0.419 e. The van der Waals surface area contributed by atoms with Crippen molar-refractivity contribution in [1.29, 1.82) is 0 Å². The van der Waals surface area contributed by atoms with Crippen LogP contribution in [0, 0.1) is 5.41 Å². The normalized spacial score (nSPS) is 16.2.